The van der Waals surface area contributed by atoms with E-state index in [2.05, 4.69) is 17.1 Å². The minimum atomic E-state index is -0.273. The first-order valence-corrected chi connectivity index (χ1v) is 9.87. The molecule has 1 atom stereocenters. The van der Waals surface area contributed by atoms with Crippen LogP contribution in [0.1, 0.15) is 56.5 Å². The lowest BCUT2D eigenvalue weighted by atomic mass is 9.84. The van der Waals surface area contributed by atoms with E-state index in [1.54, 1.807) is 4.57 Å². The van der Waals surface area contributed by atoms with E-state index in [9.17, 15) is 4.79 Å². The maximum absolute atomic E-state index is 12.9. The van der Waals surface area contributed by atoms with Gasteiger partial charge in [-0.1, -0.05) is 36.0 Å². The van der Waals surface area contributed by atoms with Crippen molar-refractivity contribution < 1.29 is 4.52 Å². The van der Waals surface area contributed by atoms with Gasteiger partial charge in [0.25, 0.3) is 5.56 Å². The molecule has 0 aromatic carbocycles. The summed E-state index contributed by atoms with van der Waals surface area (Å²) in [6, 6.07) is 3.75. The normalized spacial score (nSPS) is 16.7. The second-order valence-electron chi connectivity index (χ2n) is 7.45. The highest BCUT2D eigenvalue weighted by Crippen LogP contribution is 2.34. The summed E-state index contributed by atoms with van der Waals surface area (Å²) in [6.45, 7) is 5.84. The minimum Gasteiger partial charge on any atom is -0.361 e. The topological polar surface area (TPSA) is 73.8 Å². The third-order valence-electron chi connectivity index (χ3n) is 5.73. The highest BCUT2D eigenvalue weighted by atomic mass is 35.5. The summed E-state index contributed by atoms with van der Waals surface area (Å²) in [5.74, 6) is 1.15. The fraction of sp³-hybridized carbons (Fsp3) is 0.500. The first-order valence-electron chi connectivity index (χ1n) is 9.49. The Morgan fingerprint density at radius 1 is 1.19 bits per heavy atom. The smallest absolute Gasteiger partial charge is 0.290 e. The zero-order chi connectivity index (χ0) is 19.1. The van der Waals surface area contributed by atoms with Gasteiger partial charge in [-0.2, -0.15) is 0 Å². The Balaban J connectivity index is 1.92. The molecule has 0 bridgehead atoms. The Hall–Kier alpha value is -2.21. The summed E-state index contributed by atoms with van der Waals surface area (Å²) in [5.41, 5.74) is 3.28. The number of hydrogen-bond donors (Lipinski definition) is 0. The standard InChI is InChI=1S/C20H23ClN4O2/c1-11-17(13(3)27-24-11)15-9-10-16-19(23-15)25(20(26)18(21)22-16)12(2)14-7-5-4-6-8-14/h9-10,12,14H,4-8H2,1-3H3/t12-/m0/s1. The Kier molecular flexibility index (Phi) is 4.76. The van der Waals surface area contributed by atoms with Crippen LogP contribution in [0.25, 0.3) is 22.4 Å². The number of aromatic nitrogens is 4. The number of nitrogens with zero attached hydrogens (tertiary/aromatic N) is 4. The molecular formula is C20H23ClN4O2. The van der Waals surface area contributed by atoms with Gasteiger partial charge in [0, 0.05) is 6.04 Å². The van der Waals surface area contributed by atoms with Crippen molar-refractivity contribution in [3.8, 4) is 11.3 Å². The monoisotopic (exact) mass is 386 g/mol. The molecule has 1 saturated carbocycles. The number of halogens is 1. The van der Waals surface area contributed by atoms with Crippen LogP contribution in [0, 0.1) is 19.8 Å². The van der Waals surface area contributed by atoms with Crippen molar-refractivity contribution in [3.05, 3.63) is 39.1 Å². The second kappa shape index (κ2) is 7.08. The van der Waals surface area contributed by atoms with Crippen molar-refractivity contribution in [2.45, 2.75) is 58.9 Å². The van der Waals surface area contributed by atoms with E-state index >= 15 is 0 Å². The first kappa shape index (κ1) is 18.2. The fourth-order valence-electron chi connectivity index (χ4n) is 4.25. The van der Waals surface area contributed by atoms with E-state index < -0.39 is 0 Å². The number of pyridine rings is 1. The van der Waals surface area contributed by atoms with E-state index in [1.807, 2.05) is 26.0 Å². The summed E-state index contributed by atoms with van der Waals surface area (Å²) in [7, 11) is 0. The number of hydrogen-bond acceptors (Lipinski definition) is 5. The van der Waals surface area contributed by atoms with Gasteiger partial charge in [0.1, 0.15) is 11.3 Å². The lowest BCUT2D eigenvalue weighted by Gasteiger charge is -2.29. The van der Waals surface area contributed by atoms with Crippen molar-refractivity contribution in [2.75, 3.05) is 0 Å². The predicted molar refractivity (Wildman–Crippen MR) is 105 cm³/mol. The quantitative estimate of drug-likeness (QED) is 0.642. The molecule has 142 valence electrons. The summed E-state index contributed by atoms with van der Waals surface area (Å²) in [4.78, 5) is 22.0. The highest BCUT2D eigenvalue weighted by Gasteiger charge is 2.25. The molecule has 0 N–H and O–H groups in total. The Morgan fingerprint density at radius 3 is 2.59 bits per heavy atom. The van der Waals surface area contributed by atoms with Gasteiger partial charge in [-0.25, -0.2) is 9.97 Å². The molecule has 3 heterocycles. The molecule has 0 spiro atoms. The third kappa shape index (κ3) is 3.16. The Bertz CT molecular complexity index is 1030. The van der Waals surface area contributed by atoms with Crippen LogP contribution in [-0.2, 0) is 0 Å². The molecule has 0 amide bonds. The van der Waals surface area contributed by atoms with Crippen molar-refractivity contribution in [2.24, 2.45) is 5.92 Å². The molecule has 0 aliphatic heterocycles. The maximum atomic E-state index is 12.9. The van der Waals surface area contributed by atoms with Crippen LogP contribution in [0.2, 0.25) is 5.15 Å². The van der Waals surface area contributed by atoms with Crippen LogP contribution < -0.4 is 5.56 Å². The number of aryl methyl sites for hydroxylation is 2. The molecule has 1 aliphatic rings. The SMILES string of the molecule is Cc1noc(C)c1-c1ccc2nc(Cl)c(=O)n([C@@H](C)C3CCCCC3)c2n1. The average Bonchev–Trinajstić information content (AvgIpc) is 3.01. The minimum absolute atomic E-state index is 0.00273. The van der Waals surface area contributed by atoms with E-state index in [-0.39, 0.29) is 16.8 Å². The predicted octanol–water partition coefficient (Wildman–Crippen LogP) is 4.86. The molecule has 3 aromatic heterocycles. The van der Waals surface area contributed by atoms with Crippen LogP contribution in [0.3, 0.4) is 0 Å². The van der Waals surface area contributed by atoms with E-state index in [1.165, 1.54) is 19.3 Å². The zero-order valence-electron chi connectivity index (χ0n) is 15.8. The zero-order valence-corrected chi connectivity index (χ0v) is 16.6. The van der Waals surface area contributed by atoms with Crippen molar-refractivity contribution in [1.82, 2.24) is 19.7 Å². The second-order valence-corrected chi connectivity index (χ2v) is 7.81. The molecule has 3 aromatic rings. The molecule has 6 nitrogen and oxygen atoms in total. The Morgan fingerprint density at radius 2 is 1.93 bits per heavy atom. The van der Waals surface area contributed by atoms with E-state index in [0.717, 1.165) is 29.8 Å². The lowest BCUT2D eigenvalue weighted by Crippen LogP contribution is -2.30. The van der Waals surface area contributed by atoms with E-state index in [4.69, 9.17) is 21.1 Å². The molecule has 7 heteroatoms. The maximum Gasteiger partial charge on any atom is 0.290 e. The molecule has 0 saturated heterocycles. The highest BCUT2D eigenvalue weighted by molar-refractivity contribution is 6.29. The van der Waals surface area contributed by atoms with Gasteiger partial charge in [0.05, 0.1) is 17.0 Å². The fourth-order valence-corrected chi connectivity index (χ4v) is 4.43. The van der Waals surface area contributed by atoms with Crippen LogP contribution in [-0.4, -0.2) is 19.7 Å². The van der Waals surface area contributed by atoms with Crippen molar-refractivity contribution >= 4 is 22.8 Å². The van der Waals surface area contributed by atoms with Crippen molar-refractivity contribution in [1.29, 1.82) is 0 Å². The molecule has 0 unspecified atom stereocenters. The van der Waals surface area contributed by atoms with Crippen LogP contribution in [0.4, 0.5) is 0 Å². The Labute approximate surface area is 162 Å². The molecule has 1 aliphatic carbocycles. The van der Waals surface area contributed by atoms with E-state index in [0.29, 0.717) is 22.8 Å². The van der Waals surface area contributed by atoms with Gasteiger partial charge < -0.3 is 4.52 Å². The number of rotatable bonds is 3. The lowest BCUT2D eigenvalue weighted by molar-refractivity contribution is 0.263. The third-order valence-corrected chi connectivity index (χ3v) is 5.97. The van der Waals surface area contributed by atoms with Crippen LogP contribution in [0.5, 0.6) is 0 Å². The van der Waals surface area contributed by atoms with Gasteiger partial charge in [-0.15, -0.1) is 0 Å². The van der Waals surface area contributed by atoms with Gasteiger partial charge in [0.15, 0.2) is 10.8 Å². The molecule has 27 heavy (non-hydrogen) atoms. The van der Waals surface area contributed by atoms with Crippen LogP contribution >= 0.6 is 11.6 Å². The van der Waals surface area contributed by atoms with Gasteiger partial charge in [-0.3, -0.25) is 9.36 Å². The average molecular weight is 387 g/mol. The summed E-state index contributed by atoms with van der Waals surface area (Å²) < 4.78 is 7.02. The van der Waals surface area contributed by atoms with Gasteiger partial charge in [0.2, 0.25) is 0 Å². The van der Waals surface area contributed by atoms with Crippen molar-refractivity contribution in [3.63, 3.8) is 0 Å². The van der Waals surface area contributed by atoms with Gasteiger partial charge in [-0.05, 0) is 51.7 Å². The molecule has 4 rings (SSSR count). The first-order chi connectivity index (χ1) is 13.0. The largest absolute Gasteiger partial charge is 0.361 e. The number of fused-ring (bicyclic) bond motifs is 1. The molecule has 1 fully saturated rings. The summed E-state index contributed by atoms with van der Waals surface area (Å²) in [6.07, 6.45) is 5.93. The molecule has 0 radical (unpaired) electrons. The van der Waals surface area contributed by atoms with Gasteiger partial charge >= 0.3 is 0 Å². The summed E-state index contributed by atoms with van der Waals surface area (Å²) >= 11 is 6.17. The van der Waals surface area contributed by atoms with Crippen LogP contribution in [0.15, 0.2) is 21.5 Å². The summed E-state index contributed by atoms with van der Waals surface area (Å²) in [5, 5.41) is 4.01. The molecular weight excluding hydrogens is 364 g/mol.